The van der Waals surface area contributed by atoms with E-state index in [0.29, 0.717) is 4.90 Å². The van der Waals surface area contributed by atoms with E-state index in [4.69, 9.17) is 5.73 Å². The highest BCUT2D eigenvalue weighted by Gasteiger charge is 2.30. The number of halogens is 3. The number of nitrogen functional groups attached to an aromatic ring is 1. The van der Waals surface area contributed by atoms with Crippen LogP contribution >= 0.6 is 11.8 Å². The lowest BCUT2D eigenvalue weighted by Gasteiger charge is -2.12. The zero-order valence-corrected chi connectivity index (χ0v) is 9.53. The highest BCUT2D eigenvalue weighted by atomic mass is 32.2. The van der Waals surface area contributed by atoms with Gasteiger partial charge in [-0.3, -0.25) is 0 Å². The molecule has 2 N–H and O–H groups in total. The highest BCUT2D eigenvalue weighted by Crippen LogP contribution is 2.35. The smallest absolute Gasteiger partial charge is 0.398 e. The predicted octanol–water partition coefficient (Wildman–Crippen LogP) is 3.95. The Balaban J connectivity index is 2.96. The molecule has 0 heterocycles. The van der Waals surface area contributed by atoms with Crippen molar-refractivity contribution >= 4 is 17.4 Å². The maximum absolute atomic E-state index is 12.3. The van der Waals surface area contributed by atoms with Gasteiger partial charge in [0.05, 0.1) is 5.56 Å². The Morgan fingerprint density at radius 2 is 2.06 bits per heavy atom. The van der Waals surface area contributed by atoms with Gasteiger partial charge in [0, 0.05) is 15.8 Å². The number of alkyl halides is 3. The number of thioether (sulfide) groups is 1. The number of hydrogen-bond acceptors (Lipinski definition) is 2. The molecular formula is C11H12F3NS. The third-order valence-corrected chi connectivity index (χ3v) is 3.17. The number of hydrogen-bond donors (Lipinski definition) is 1. The summed E-state index contributed by atoms with van der Waals surface area (Å²) >= 11 is 1.38. The molecule has 0 radical (unpaired) electrons. The monoisotopic (exact) mass is 247 g/mol. The molecule has 0 aliphatic carbocycles. The number of nitrogens with two attached hydrogens (primary N) is 1. The SMILES string of the molecule is C=CC(C)Sc1ccc(C(F)(F)F)cc1N. The fraction of sp³-hybridized carbons (Fsp3) is 0.273. The Morgan fingerprint density at radius 1 is 1.44 bits per heavy atom. The minimum atomic E-state index is -4.35. The minimum absolute atomic E-state index is 0.110. The lowest BCUT2D eigenvalue weighted by atomic mass is 10.2. The van der Waals surface area contributed by atoms with E-state index < -0.39 is 11.7 Å². The fourth-order valence-electron chi connectivity index (χ4n) is 1.08. The molecule has 0 aliphatic heterocycles. The van der Waals surface area contributed by atoms with Crippen LogP contribution in [-0.2, 0) is 6.18 Å². The van der Waals surface area contributed by atoms with Crippen molar-refractivity contribution in [3.05, 3.63) is 36.4 Å². The van der Waals surface area contributed by atoms with Crippen LogP contribution in [-0.4, -0.2) is 5.25 Å². The molecule has 1 aromatic carbocycles. The van der Waals surface area contributed by atoms with E-state index in [2.05, 4.69) is 6.58 Å². The van der Waals surface area contributed by atoms with Gasteiger partial charge in [-0.1, -0.05) is 6.08 Å². The predicted molar refractivity (Wildman–Crippen MR) is 61.4 cm³/mol. The first kappa shape index (κ1) is 13.0. The Morgan fingerprint density at radius 3 is 2.50 bits per heavy atom. The van der Waals surface area contributed by atoms with E-state index in [0.717, 1.165) is 12.1 Å². The van der Waals surface area contributed by atoms with Crippen LogP contribution in [0.15, 0.2) is 35.7 Å². The normalized spacial score (nSPS) is 13.5. The van der Waals surface area contributed by atoms with Crippen LogP contribution in [0.25, 0.3) is 0 Å². The first-order valence-electron chi connectivity index (χ1n) is 4.60. The van der Waals surface area contributed by atoms with Crippen LogP contribution in [0.2, 0.25) is 0 Å². The number of rotatable bonds is 3. The van der Waals surface area contributed by atoms with Gasteiger partial charge in [-0.25, -0.2) is 0 Å². The van der Waals surface area contributed by atoms with Crippen molar-refractivity contribution in [2.45, 2.75) is 23.2 Å². The molecule has 1 rings (SSSR count). The molecule has 0 bridgehead atoms. The second-order valence-electron chi connectivity index (χ2n) is 3.31. The van der Waals surface area contributed by atoms with Gasteiger partial charge < -0.3 is 5.73 Å². The van der Waals surface area contributed by atoms with Gasteiger partial charge in [-0.05, 0) is 25.1 Å². The van der Waals surface area contributed by atoms with Crippen molar-refractivity contribution in [3.63, 3.8) is 0 Å². The molecule has 1 atom stereocenters. The van der Waals surface area contributed by atoms with Gasteiger partial charge in [0.1, 0.15) is 0 Å². The van der Waals surface area contributed by atoms with Crippen molar-refractivity contribution in [3.8, 4) is 0 Å². The quantitative estimate of drug-likeness (QED) is 0.497. The van der Waals surface area contributed by atoms with Gasteiger partial charge in [0.15, 0.2) is 0 Å². The average Bonchev–Trinajstić information content (AvgIpc) is 2.19. The minimum Gasteiger partial charge on any atom is -0.398 e. The highest BCUT2D eigenvalue weighted by molar-refractivity contribution is 8.00. The van der Waals surface area contributed by atoms with Crippen molar-refractivity contribution in [2.75, 3.05) is 5.73 Å². The Labute approximate surface area is 96.5 Å². The summed E-state index contributed by atoms with van der Waals surface area (Å²) < 4.78 is 37.0. The third kappa shape index (κ3) is 3.20. The van der Waals surface area contributed by atoms with Crippen LogP contribution < -0.4 is 5.73 Å². The molecule has 5 heteroatoms. The zero-order chi connectivity index (χ0) is 12.3. The summed E-state index contributed by atoms with van der Waals surface area (Å²) in [6.07, 6.45) is -2.64. The molecule has 1 nitrogen and oxygen atoms in total. The van der Waals surface area contributed by atoms with Gasteiger partial charge in [-0.2, -0.15) is 13.2 Å². The Bertz CT molecular complexity index is 387. The second kappa shape index (κ2) is 4.82. The lowest BCUT2D eigenvalue weighted by molar-refractivity contribution is -0.137. The summed E-state index contributed by atoms with van der Waals surface area (Å²) in [4.78, 5) is 0.639. The lowest BCUT2D eigenvalue weighted by Crippen LogP contribution is -2.06. The first-order chi connectivity index (χ1) is 7.34. The molecule has 0 amide bonds. The molecule has 0 saturated carbocycles. The van der Waals surface area contributed by atoms with Crippen LogP contribution in [0.3, 0.4) is 0 Å². The van der Waals surface area contributed by atoms with Gasteiger partial charge in [0.25, 0.3) is 0 Å². The van der Waals surface area contributed by atoms with Crippen molar-refractivity contribution in [2.24, 2.45) is 0 Å². The van der Waals surface area contributed by atoms with Crippen molar-refractivity contribution < 1.29 is 13.2 Å². The van der Waals surface area contributed by atoms with Crippen molar-refractivity contribution in [1.29, 1.82) is 0 Å². The maximum Gasteiger partial charge on any atom is 0.416 e. The summed E-state index contributed by atoms with van der Waals surface area (Å²) in [5, 5.41) is 0.110. The van der Waals surface area contributed by atoms with E-state index in [1.54, 1.807) is 6.08 Å². The van der Waals surface area contributed by atoms with E-state index >= 15 is 0 Å². The Kier molecular flexibility index (Phi) is 3.91. The summed E-state index contributed by atoms with van der Waals surface area (Å²) in [5.41, 5.74) is 4.99. The maximum atomic E-state index is 12.3. The summed E-state index contributed by atoms with van der Waals surface area (Å²) in [5.74, 6) is 0. The van der Waals surface area contributed by atoms with Crippen LogP contribution in [0, 0.1) is 0 Å². The summed E-state index contributed by atoms with van der Waals surface area (Å²) in [7, 11) is 0. The summed E-state index contributed by atoms with van der Waals surface area (Å²) in [6.45, 7) is 5.50. The standard InChI is InChI=1S/C11H12F3NS/c1-3-7(2)16-10-5-4-8(6-9(10)15)11(12,13)14/h3-7H,1,15H2,2H3. The fourth-order valence-corrected chi connectivity index (χ4v) is 1.92. The van der Waals surface area contributed by atoms with Gasteiger partial charge in [0.2, 0.25) is 0 Å². The van der Waals surface area contributed by atoms with Gasteiger partial charge >= 0.3 is 6.18 Å². The topological polar surface area (TPSA) is 26.0 Å². The van der Waals surface area contributed by atoms with E-state index in [1.807, 2.05) is 6.92 Å². The van der Waals surface area contributed by atoms with Crippen molar-refractivity contribution in [1.82, 2.24) is 0 Å². The van der Waals surface area contributed by atoms with E-state index in [9.17, 15) is 13.2 Å². The zero-order valence-electron chi connectivity index (χ0n) is 8.71. The molecule has 0 fully saturated rings. The summed E-state index contributed by atoms with van der Waals surface area (Å²) in [6, 6.07) is 3.38. The molecule has 0 aromatic heterocycles. The molecule has 88 valence electrons. The molecule has 1 unspecified atom stereocenters. The third-order valence-electron chi connectivity index (χ3n) is 1.98. The number of anilines is 1. The largest absolute Gasteiger partial charge is 0.416 e. The molecule has 0 spiro atoms. The van der Waals surface area contributed by atoms with E-state index in [1.165, 1.54) is 17.8 Å². The molecule has 0 aliphatic rings. The molecule has 1 aromatic rings. The Hall–Kier alpha value is -1.10. The van der Waals surface area contributed by atoms with Crippen LogP contribution in [0.5, 0.6) is 0 Å². The average molecular weight is 247 g/mol. The second-order valence-corrected chi connectivity index (χ2v) is 4.73. The molecule has 16 heavy (non-hydrogen) atoms. The van der Waals surface area contributed by atoms with E-state index in [-0.39, 0.29) is 10.9 Å². The van der Waals surface area contributed by atoms with Crippen LogP contribution in [0.4, 0.5) is 18.9 Å². The number of benzene rings is 1. The van der Waals surface area contributed by atoms with Gasteiger partial charge in [-0.15, -0.1) is 18.3 Å². The first-order valence-corrected chi connectivity index (χ1v) is 5.48. The molecular weight excluding hydrogens is 235 g/mol. The van der Waals surface area contributed by atoms with Crippen LogP contribution in [0.1, 0.15) is 12.5 Å². The molecule has 0 saturated heterocycles.